The van der Waals surface area contributed by atoms with E-state index < -0.39 is 260 Å². The van der Waals surface area contributed by atoms with Crippen LogP contribution in [0.3, 0.4) is 0 Å². The number of nitrogens with zero attached hydrogens (tertiary/aromatic N) is 3. The molecule has 0 amide bonds. The molecule has 23 N–H and O–H groups in total. The topological polar surface area (TPSA) is 616 Å². The molecule has 79 heavy (non-hydrogen) atoms. The molecule has 0 aromatic carbocycles. The summed E-state index contributed by atoms with van der Waals surface area (Å²) in [6.07, 6.45) is -59.1. The highest BCUT2D eigenvalue weighted by molar-refractivity contribution is 5.12. The molecule has 4 saturated heterocycles. The van der Waals surface area contributed by atoms with Crippen LogP contribution < -0.4 is 0 Å². The third-order valence-electron chi connectivity index (χ3n) is 13.1. The Balaban J connectivity index is 1.54. The van der Waals surface area contributed by atoms with Crippen molar-refractivity contribution >= 4 is 0 Å². The van der Waals surface area contributed by atoms with Crippen molar-refractivity contribution in [3.63, 3.8) is 0 Å². The Hall–Kier alpha value is -3.79. The maximum absolute atomic E-state index is 11.3. The van der Waals surface area contributed by atoms with Crippen molar-refractivity contribution in [2.75, 3.05) is 46.2 Å². The number of hydrogen-bond acceptors (Lipinski definition) is 35. The van der Waals surface area contributed by atoms with E-state index in [-0.39, 0.29) is 0 Å². The Morgan fingerprint density at radius 3 is 0.886 bits per heavy atom. The number of azide groups is 1. The van der Waals surface area contributed by atoms with Gasteiger partial charge in [-0.3, -0.25) is 0 Å². The van der Waals surface area contributed by atoms with E-state index in [4.69, 9.17) is 57.6 Å². The van der Waals surface area contributed by atoms with Crippen LogP contribution in [0, 0.1) is 0 Å². The Kier molecular flexibility index (Phi) is 25.0. The van der Waals surface area contributed by atoms with Crippen molar-refractivity contribution in [2.45, 2.75) is 179 Å². The molecule has 9 rings (SSSR count). The van der Waals surface area contributed by atoms with Gasteiger partial charge in [-0.15, -0.1) is 0 Å². The van der Waals surface area contributed by atoms with Gasteiger partial charge in [0.05, 0.1) is 26.4 Å². The summed E-state index contributed by atoms with van der Waals surface area (Å²) in [5.74, 6) is -9.02. The second-order valence-electron chi connectivity index (χ2n) is 18.2. The minimum Gasteiger partial charge on any atom is -0.506 e. The predicted molar refractivity (Wildman–Crippen MR) is 242 cm³/mol. The summed E-state index contributed by atoms with van der Waals surface area (Å²) in [7, 11) is 0. The standard InChI is InChI=1S/C42H69N3O34/c43-45-44-4-1-11-18(52)26(60)37(67)76-32-14(7-48)72-40(28(62)21(32)55)71-13(3-6-47)20(54)25(59)36(66)69-12(2-5-46)19(53)27(61)38(68)77-33-15(8-49)74-41(30(64)22(33)56)79-35-17(10-51)75-42(31(65)24(35)58)78-34-16(9-50)73-39(70-11)29(63)23(34)57/h11-17,21-24,28-42,46-68H,1-10H2/b25-20-,26-18?,27-19-. The van der Waals surface area contributed by atoms with Gasteiger partial charge in [0.15, 0.2) is 59.7 Å². The van der Waals surface area contributed by atoms with E-state index >= 15 is 0 Å². The highest BCUT2D eigenvalue weighted by Gasteiger charge is 2.55. The molecular weight excluding hydrogens is 1090 g/mol. The summed E-state index contributed by atoms with van der Waals surface area (Å²) >= 11 is 0. The van der Waals surface area contributed by atoms with Gasteiger partial charge in [0.2, 0.25) is 18.9 Å². The molecule has 4 fully saturated rings. The first kappa shape index (κ1) is 66.0. The minimum absolute atomic E-state index is 0.573. The molecule has 0 radical (unpaired) electrons. The van der Waals surface area contributed by atoms with E-state index in [0.717, 1.165) is 0 Å². The third-order valence-corrected chi connectivity index (χ3v) is 13.1. The van der Waals surface area contributed by atoms with Gasteiger partial charge in [-0.1, -0.05) is 5.11 Å². The lowest BCUT2D eigenvalue weighted by molar-refractivity contribution is -0.383. The third kappa shape index (κ3) is 15.3. The molecule has 0 saturated carbocycles. The lowest BCUT2D eigenvalue weighted by atomic mass is 9.96. The van der Waals surface area contributed by atoms with Gasteiger partial charge < -0.3 is 170 Å². The summed E-state index contributed by atoms with van der Waals surface area (Å²) in [5, 5.41) is 252. The van der Waals surface area contributed by atoms with Gasteiger partial charge >= 0.3 is 0 Å². The molecule has 0 aliphatic carbocycles. The molecule has 9 aliphatic rings. The second-order valence-corrected chi connectivity index (χ2v) is 18.2. The molecule has 26 unspecified atom stereocenters. The quantitative estimate of drug-likeness (QED) is 0.0519. The van der Waals surface area contributed by atoms with Crippen LogP contribution in [0.5, 0.6) is 0 Å². The molecule has 8 bridgehead atoms. The molecular formula is C42H69N3O34. The molecule has 26 atom stereocenters. The first-order valence-electron chi connectivity index (χ1n) is 24.2. The number of ether oxygens (including phenoxy) is 11. The lowest BCUT2D eigenvalue weighted by Gasteiger charge is -2.48. The molecule has 9 heterocycles. The van der Waals surface area contributed by atoms with Crippen LogP contribution >= 0.6 is 0 Å². The number of fused-ring (bicyclic) bond motifs is 4. The van der Waals surface area contributed by atoms with E-state index in [1.54, 1.807) is 0 Å². The van der Waals surface area contributed by atoms with Crippen LogP contribution in [0.4, 0.5) is 0 Å². The van der Waals surface area contributed by atoms with Crippen LogP contribution in [0.1, 0.15) is 19.3 Å². The molecule has 0 spiro atoms. The van der Waals surface area contributed by atoms with E-state index in [1.807, 2.05) is 0 Å². The van der Waals surface area contributed by atoms with Crippen molar-refractivity contribution in [2.24, 2.45) is 5.11 Å². The van der Waals surface area contributed by atoms with Crippen molar-refractivity contribution in [1.29, 1.82) is 0 Å². The summed E-state index contributed by atoms with van der Waals surface area (Å²) < 4.78 is 60.1. The van der Waals surface area contributed by atoms with E-state index in [0.29, 0.717) is 0 Å². The monoisotopic (exact) mass is 1160 g/mol. The van der Waals surface area contributed by atoms with E-state index in [1.165, 1.54) is 0 Å². The van der Waals surface area contributed by atoms with Crippen LogP contribution in [-0.2, 0) is 52.1 Å². The fraction of sp³-hybridized carbons (Fsp3) is 0.857. The van der Waals surface area contributed by atoms with Crippen molar-refractivity contribution < 1.29 is 170 Å². The van der Waals surface area contributed by atoms with Crippen LogP contribution in [0.25, 0.3) is 10.4 Å². The maximum Gasteiger partial charge on any atom is 0.218 e. The van der Waals surface area contributed by atoms with Crippen LogP contribution in [-0.4, -0.2) is 324 Å². The van der Waals surface area contributed by atoms with Gasteiger partial charge in [-0.2, -0.15) is 0 Å². The van der Waals surface area contributed by atoms with Gasteiger partial charge in [0.1, 0.15) is 116 Å². The Bertz CT molecular complexity index is 2050. The average molecular weight is 1160 g/mol. The minimum atomic E-state index is -2.79. The zero-order valence-corrected chi connectivity index (χ0v) is 41.2. The Morgan fingerprint density at radius 1 is 0.329 bits per heavy atom. The highest BCUT2D eigenvalue weighted by atomic mass is 16.8. The van der Waals surface area contributed by atoms with Crippen molar-refractivity contribution in [3.8, 4) is 0 Å². The molecule has 37 heteroatoms. The fourth-order valence-electron chi connectivity index (χ4n) is 8.75. The lowest BCUT2D eigenvalue weighted by Crippen LogP contribution is -2.67. The molecule has 456 valence electrons. The van der Waals surface area contributed by atoms with Crippen LogP contribution in [0.15, 0.2) is 39.7 Å². The van der Waals surface area contributed by atoms with Gasteiger partial charge in [0.25, 0.3) is 0 Å². The first-order valence-corrected chi connectivity index (χ1v) is 24.2. The molecule has 0 aromatic rings. The summed E-state index contributed by atoms with van der Waals surface area (Å²) in [4.78, 5) is 2.55. The summed E-state index contributed by atoms with van der Waals surface area (Å²) in [6, 6.07) is 0. The van der Waals surface area contributed by atoms with Crippen LogP contribution in [0.2, 0.25) is 0 Å². The number of hydrogen-bond donors (Lipinski definition) is 23. The summed E-state index contributed by atoms with van der Waals surface area (Å²) in [5.41, 5.74) is 8.90. The number of aliphatic hydroxyl groups excluding tert-OH is 23. The predicted octanol–water partition coefficient (Wildman–Crippen LogP) is -9.14. The van der Waals surface area contributed by atoms with E-state index in [9.17, 15) is 117 Å². The van der Waals surface area contributed by atoms with Gasteiger partial charge in [0, 0.05) is 37.5 Å². The van der Waals surface area contributed by atoms with Crippen molar-refractivity contribution in [3.05, 3.63) is 45.0 Å². The normalized spacial score (nSPS) is 45.9. The second kappa shape index (κ2) is 30.0. The zero-order chi connectivity index (χ0) is 58.7. The van der Waals surface area contributed by atoms with Gasteiger partial charge in [-0.05, 0) is 12.0 Å². The van der Waals surface area contributed by atoms with E-state index in [2.05, 4.69) is 10.0 Å². The van der Waals surface area contributed by atoms with Gasteiger partial charge in [-0.25, -0.2) is 0 Å². The number of aliphatic hydroxyl groups is 23. The fourth-order valence-corrected chi connectivity index (χ4v) is 8.75. The number of rotatable bonds is 11. The Morgan fingerprint density at radius 2 is 0.595 bits per heavy atom. The largest absolute Gasteiger partial charge is 0.506 e. The average Bonchev–Trinajstić information content (AvgIpc) is 3.48. The highest BCUT2D eigenvalue weighted by Crippen LogP contribution is 2.36. The Labute approximate surface area is 444 Å². The van der Waals surface area contributed by atoms with Crippen molar-refractivity contribution in [1.82, 2.24) is 0 Å². The SMILES string of the molecule is [N-]=[N+]=NCCC1OC2OC(CO)C(OC3OC(CO)C(OC4OC(CO)C(OC(O)/C(O)=C(/O)C(CCO)OC(O)/C(O)=C(/O)C(CCO)OC5OC(CO)C(OC(O)C(O)=C1O)C(O)C5O)C(O)C4O)C(O)C3O)C(O)C2O. The summed E-state index contributed by atoms with van der Waals surface area (Å²) in [6.45, 7) is -6.96. The smallest absolute Gasteiger partial charge is 0.218 e. The first-order chi connectivity index (χ1) is 37.4. The maximum atomic E-state index is 11.3. The zero-order valence-electron chi connectivity index (χ0n) is 41.2. The molecule has 37 nitrogen and oxygen atoms in total. The molecule has 0 aromatic heterocycles. The molecule has 9 aliphatic heterocycles.